The molecule has 1 heterocycles. The Kier molecular flexibility index (Phi) is 2.94. The zero-order valence-corrected chi connectivity index (χ0v) is 9.99. The van der Waals surface area contributed by atoms with Crippen LogP contribution in [-0.4, -0.2) is 14.8 Å². The molecule has 5 heteroatoms. The molecule has 0 aliphatic heterocycles. The third kappa shape index (κ3) is 1.94. The second-order valence-electron chi connectivity index (χ2n) is 3.62. The highest BCUT2D eigenvalue weighted by Gasteiger charge is 2.10. The van der Waals surface area contributed by atoms with Crippen LogP contribution in [-0.2, 0) is 6.54 Å². The van der Waals surface area contributed by atoms with Crippen molar-refractivity contribution >= 4 is 11.6 Å². The highest BCUT2D eigenvalue weighted by atomic mass is 35.5. The topological polar surface area (TPSA) is 56.7 Å². The van der Waals surface area contributed by atoms with E-state index in [0.717, 1.165) is 17.1 Å². The molecule has 0 saturated heterocycles. The summed E-state index contributed by atoms with van der Waals surface area (Å²) in [4.78, 5) is 4.26. The van der Waals surface area contributed by atoms with Gasteiger partial charge in [0.15, 0.2) is 0 Å². The molecule has 0 aliphatic rings. The number of aryl methyl sites for hydroxylation is 2. The third-order valence-electron chi connectivity index (χ3n) is 2.36. The van der Waals surface area contributed by atoms with Crippen LogP contribution in [0.5, 0.6) is 0 Å². The molecule has 0 atom stereocenters. The first-order valence-electron chi connectivity index (χ1n) is 5.01. The first-order chi connectivity index (χ1) is 7.61. The van der Waals surface area contributed by atoms with Crippen molar-refractivity contribution in [3.63, 3.8) is 0 Å². The molecule has 1 aromatic heterocycles. The smallest absolute Gasteiger partial charge is 0.148 e. The second kappa shape index (κ2) is 4.23. The van der Waals surface area contributed by atoms with E-state index in [2.05, 4.69) is 10.1 Å². The van der Waals surface area contributed by atoms with E-state index >= 15 is 0 Å². The van der Waals surface area contributed by atoms with E-state index < -0.39 is 0 Å². The average Bonchev–Trinajstić information content (AvgIpc) is 2.63. The van der Waals surface area contributed by atoms with Gasteiger partial charge in [0.25, 0.3) is 0 Å². The summed E-state index contributed by atoms with van der Waals surface area (Å²) in [5, 5.41) is 5.00. The summed E-state index contributed by atoms with van der Waals surface area (Å²) in [7, 11) is 0. The Bertz CT molecular complexity index is 519. The van der Waals surface area contributed by atoms with E-state index in [1.54, 1.807) is 4.68 Å². The first-order valence-corrected chi connectivity index (χ1v) is 5.38. The standard InChI is InChI=1S/C11H13ClN4/c1-7-3-4-9(12)5-10(7)16-11(6-13)14-8(2)15-16/h3-5H,6,13H2,1-2H3. The van der Waals surface area contributed by atoms with E-state index in [4.69, 9.17) is 17.3 Å². The molecule has 0 aliphatic carbocycles. The van der Waals surface area contributed by atoms with Gasteiger partial charge >= 0.3 is 0 Å². The van der Waals surface area contributed by atoms with Crippen molar-refractivity contribution in [2.75, 3.05) is 0 Å². The normalized spacial score (nSPS) is 10.8. The van der Waals surface area contributed by atoms with Crippen LogP contribution in [0.1, 0.15) is 17.2 Å². The van der Waals surface area contributed by atoms with Crippen molar-refractivity contribution in [1.29, 1.82) is 0 Å². The lowest BCUT2D eigenvalue weighted by atomic mass is 10.2. The minimum Gasteiger partial charge on any atom is -0.324 e. The summed E-state index contributed by atoms with van der Waals surface area (Å²) < 4.78 is 1.75. The van der Waals surface area contributed by atoms with E-state index in [1.165, 1.54) is 0 Å². The van der Waals surface area contributed by atoms with Crippen molar-refractivity contribution in [2.24, 2.45) is 5.73 Å². The largest absolute Gasteiger partial charge is 0.324 e. The number of halogens is 1. The van der Waals surface area contributed by atoms with Crippen LogP contribution in [0.4, 0.5) is 0 Å². The monoisotopic (exact) mass is 236 g/mol. The number of rotatable bonds is 2. The van der Waals surface area contributed by atoms with Gasteiger partial charge in [-0.1, -0.05) is 17.7 Å². The van der Waals surface area contributed by atoms with Crippen LogP contribution in [0.15, 0.2) is 18.2 Å². The Morgan fingerprint density at radius 2 is 2.12 bits per heavy atom. The minimum absolute atomic E-state index is 0.354. The minimum atomic E-state index is 0.354. The van der Waals surface area contributed by atoms with Gasteiger partial charge in [0.05, 0.1) is 12.2 Å². The van der Waals surface area contributed by atoms with Crippen molar-refractivity contribution in [1.82, 2.24) is 14.8 Å². The van der Waals surface area contributed by atoms with E-state index in [9.17, 15) is 0 Å². The summed E-state index contributed by atoms with van der Waals surface area (Å²) in [5.41, 5.74) is 7.64. The highest BCUT2D eigenvalue weighted by molar-refractivity contribution is 6.30. The van der Waals surface area contributed by atoms with Crippen LogP contribution >= 0.6 is 11.6 Å². The maximum atomic E-state index is 5.98. The molecule has 4 nitrogen and oxygen atoms in total. The van der Waals surface area contributed by atoms with Crippen LogP contribution in [0.2, 0.25) is 5.02 Å². The van der Waals surface area contributed by atoms with Crippen molar-refractivity contribution in [3.05, 3.63) is 40.4 Å². The Balaban J connectivity index is 2.61. The van der Waals surface area contributed by atoms with E-state index in [0.29, 0.717) is 17.4 Å². The molecule has 0 fully saturated rings. The highest BCUT2D eigenvalue weighted by Crippen LogP contribution is 2.19. The summed E-state index contributed by atoms with van der Waals surface area (Å²) >= 11 is 5.98. The molecule has 0 saturated carbocycles. The van der Waals surface area contributed by atoms with Crippen LogP contribution in [0.3, 0.4) is 0 Å². The predicted molar refractivity (Wildman–Crippen MR) is 63.7 cm³/mol. The Labute approximate surface area is 99.1 Å². The lowest BCUT2D eigenvalue weighted by Crippen LogP contribution is -2.09. The quantitative estimate of drug-likeness (QED) is 0.868. The van der Waals surface area contributed by atoms with Crippen molar-refractivity contribution in [2.45, 2.75) is 20.4 Å². The molecule has 84 valence electrons. The SMILES string of the molecule is Cc1nc(CN)n(-c2cc(Cl)ccc2C)n1. The van der Waals surface area contributed by atoms with Gasteiger partial charge in [-0.05, 0) is 31.5 Å². The zero-order chi connectivity index (χ0) is 11.7. The molecule has 2 rings (SSSR count). The molecule has 1 aromatic carbocycles. The third-order valence-corrected chi connectivity index (χ3v) is 2.60. The fourth-order valence-electron chi connectivity index (χ4n) is 1.59. The Morgan fingerprint density at radius 3 is 2.81 bits per heavy atom. The van der Waals surface area contributed by atoms with E-state index in [-0.39, 0.29) is 0 Å². The fraction of sp³-hybridized carbons (Fsp3) is 0.273. The number of nitrogens with zero attached hydrogens (tertiary/aromatic N) is 3. The zero-order valence-electron chi connectivity index (χ0n) is 9.24. The number of aromatic nitrogens is 3. The molecule has 0 amide bonds. The van der Waals surface area contributed by atoms with Gasteiger partial charge < -0.3 is 5.73 Å². The molecule has 0 spiro atoms. The Morgan fingerprint density at radius 1 is 1.38 bits per heavy atom. The number of benzene rings is 1. The number of nitrogens with two attached hydrogens (primary N) is 1. The molecule has 2 N–H and O–H groups in total. The van der Waals surface area contributed by atoms with Gasteiger partial charge in [-0.25, -0.2) is 9.67 Å². The average molecular weight is 237 g/mol. The Hall–Kier alpha value is -1.39. The van der Waals surface area contributed by atoms with Crippen LogP contribution < -0.4 is 5.73 Å². The van der Waals surface area contributed by atoms with Crippen LogP contribution in [0.25, 0.3) is 5.69 Å². The summed E-state index contributed by atoms with van der Waals surface area (Å²) in [6, 6.07) is 5.67. The van der Waals surface area contributed by atoms with Gasteiger partial charge in [-0.3, -0.25) is 0 Å². The number of hydrogen-bond donors (Lipinski definition) is 1. The maximum Gasteiger partial charge on any atom is 0.148 e. The predicted octanol–water partition coefficient (Wildman–Crippen LogP) is 2.00. The first kappa shape index (κ1) is 11.1. The van der Waals surface area contributed by atoms with Gasteiger partial charge in [0.1, 0.15) is 11.6 Å². The van der Waals surface area contributed by atoms with Gasteiger partial charge in [-0.15, -0.1) is 0 Å². The summed E-state index contributed by atoms with van der Waals surface area (Å²) in [5.74, 6) is 1.45. The summed E-state index contributed by atoms with van der Waals surface area (Å²) in [6.07, 6.45) is 0. The van der Waals surface area contributed by atoms with Crippen molar-refractivity contribution in [3.8, 4) is 5.69 Å². The maximum absolute atomic E-state index is 5.98. The molecule has 0 unspecified atom stereocenters. The lowest BCUT2D eigenvalue weighted by molar-refractivity contribution is 0.782. The van der Waals surface area contributed by atoms with Gasteiger partial charge in [-0.2, -0.15) is 5.10 Å². The second-order valence-corrected chi connectivity index (χ2v) is 4.06. The van der Waals surface area contributed by atoms with E-state index in [1.807, 2.05) is 32.0 Å². The lowest BCUT2D eigenvalue weighted by Gasteiger charge is -2.08. The van der Waals surface area contributed by atoms with Gasteiger partial charge in [0, 0.05) is 5.02 Å². The fourth-order valence-corrected chi connectivity index (χ4v) is 1.76. The molecule has 16 heavy (non-hydrogen) atoms. The van der Waals surface area contributed by atoms with Gasteiger partial charge in [0.2, 0.25) is 0 Å². The number of hydrogen-bond acceptors (Lipinski definition) is 3. The molecule has 0 bridgehead atoms. The summed E-state index contributed by atoms with van der Waals surface area (Å²) in [6.45, 7) is 4.20. The molecule has 2 aromatic rings. The van der Waals surface area contributed by atoms with Crippen molar-refractivity contribution < 1.29 is 0 Å². The molecular formula is C11H13ClN4. The molecular weight excluding hydrogens is 224 g/mol. The van der Waals surface area contributed by atoms with Crippen LogP contribution in [0, 0.1) is 13.8 Å². The molecule has 0 radical (unpaired) electrons.